The van der Waals surface area contributed by atoms with E-state index < -0.39 is 41.2 Å². The molecule has 0 bridgehead atoms. The zero-order valence-electron chi connectivity index (χ0n) is 32.4. The minimum Gasteiger partial charge on any atom is -0.448 e. The van der Waals surface area contributed by atoms with Gasteiger partial charge in [0.1, 0.15) is 11.2 Å². The number of carbonyl (C=O) groups is 4. The van der Waals surface area contributed by atoms with E-state index in [4.69, 9.17) is 24.0 Å². The molecule has 7 rings (SSSR count). The van der Waals surface area contributed by atoms with Crippen LogP contribution in [0.1, 0.15) is 63.8 Å². The fraction of sp³-hybridized carbons (Fsp3) is 0.0833. The number of oxime groups is 1. The number of aromatic nitrogens is 1. The summed E-state index contributed by atoms with van der Waals surface area (Å²) < 4.78 is 16.5. The van der Waals surface area contributed by atoms with Crippen molar-refractivity contribution in [3.05, 3.63) is 214 Å². The Morgan fingerprint density at radius 3 is 1.57 bits per heavy atom. The Balaban J connectivity index is 1.29. The first-order valence-corrected chi connectivity index (χ1v) is 19.6. The molecule has 0 spiro atoms. The summed E-state index contributed by atoms with van der Waals surface area (Å²) in [5.41, 5.74) is 2.79. The first-order valence-electron chi connectivity index (χ1n) is 18.7. The van der Waals surface area contributed by atoms with Gasteiger partial charge in [-0.15, -0.1) is 11.3 Å². The van der Waals surface area contributed by atoms with Gasteiger partial charge in [0.15, 0.2) is 22.7 Å². The summed E-state index contributed by atoms with van der Waals surface area (Å²) in [7, 11) is 0. The molecule has 6 aromatic carbocycles. The molecule has 298 valence electrons. The summed E-state index contributed by atoms with van der Waals surface area (Å²) in [5.74, 6) is -3.61. The monoisotopic (exact) mass is 815 g/mol. The Morgan fingerprint density at radius 2 is 1.08 bits per heavy atom. The fourth-order valence-electron chi connectivity index (χ4n) is 6.57. The molecule has 0 aliphatic carbocycles. The Bertz CT molecular complexity index is 2480. The normalized spacial score (nSPS) is 11.3. The van der Waals surface area contributed by atoms with E-state index in [2.05, 4.69) is 10.5 Å². The molecule has 1 N–H and O–H groups in total. The topological polar surface area (TPSA) is 142 Å². The lowest BCUT2D eigenvalue weighted by atomic mass is 9.77. The van der Waals surface area contributed by atoms with Gasteiger partial charge in [0.25, 0.3) is 0 Å². The highest BCUT2D eigenvalue weighted by Crippen LogP contribution is 2.41. The van der Waals surface area contributed by atoms with Crippen LogP contribution in [0.2, 0.25) is 0 Å². The highest BCUT2D eigenvalue weighted by Gasteiger charge is 2.37. The third-order valence-electron chi connectivity index (χ3n) is 9.19. The van der Waals surface area contributed by atoms with Crippen LogP contribution in [0.5, 0.6) is 11.5 Å². The molecule has 0 amide bonds. The summed E-state index contributed by atoms with van der Waals surface area (Å²) >= 11 is 1.22. The van der Waals surface area contributed by atoms with E-state index >= 15 is 0 Å². The van der Waals surface area contributed by atoms with Crippen molar-refractivity contribution in [1.29, 1.82) is 0 Å². The second-order valence-corrected chi connectivity index (χ2v) is 14.1. The number of benzene rings is 6. The number of nitrogens with zero attached hydrogens (tertiary/aromatic N) is 2. The van der Waals surface area contributed by atoms with Gasteiger partial charge in [0.2, 0.25) is 5.71 Å². The summed E-state index contributed by atoms with van der Waals surface area (Å²) in [4.78, 5) is 61.7. The molecule has 1 aromatic heterocycles. The van der Waals surface area contributed by atoms with Crippen LogP contribution in [-0.4, -0.2) is 34.6 Å². The van der Waals surface area contributed by atoms with Crippen LogP contribution in [0.15, 0.2) is 180 Å². The van der Waals surface area contributed by atoms with Crippen molar-refractivity contribution in [2.24, 2.45) is 5.16 Å². The van der Waals surface area contributed by atoms with Gasteiger partial charge < -0.3 is 24.4 Å². The fourth-order valence-corrected chi connectivity index (χ4v) is 7.32. The third kappa shape index (κ3) is 9.36. The maximum Gasteiger partial charge on any atom is 0.365 e. The van der Waals surface area contributed by atoms with Crippen molar-refractivity contribution < 1.29 is 38.2 Å². The van der Waals surface area contributed by atoms with Gasteiger partial charge in [0.05, 0.1) is 5.56 Å². The number of hydrogen-bond acceptors (Lipinski definition) is 12. The Kier molecular flexibility index (Phi) is 12.6. The van der Waals surface area contributed by atoms with Crippen LogP contribution < -0.4 is 14.8 Å². The molecule has 0 atom stereocenters. The molecule has 60 heavy (non-hydrogen) atoms. The van der Waals surface area contributed by atoms with E-state index in [-0.39, 0.29) is 22.8 Å². The Labute approximate surface area is 349 Å². The summed E-state index contributed by atoms with van der Waals surface area (Å²) in [6, 6.07) is 52.0. The molecule has 0 aliphatic rings. The van der Waals surface area contributed by atoms with Crippen LogP contribution in [0.25, 0.3) is 0 Å². The van der Waals surface area contributed by atoms with Gasteiger partial charge in [0, 0.05) is 19.2 Å². The first kappa shape index (κ1) is 40.5. The number of esters is 3. The molecule has 1 heterocycles. The van der Waals surface area contributed by atoms with Gasteiger partial charge in [-0.2, -0.15) is 0 Å². The molecule has 7 aromatic rings. The lowest BCUT2D eigenvalue weighted by molar-refractivity contribution is -0.139. The average molecular weight is 816 g/mol. The van der Waals surface area contributed by atoms with E-state index in [0.717, 1.165) is 29.7 Å². The van der Waals surface area contributed by atoms with Crippen molar-refractivity contribution in [3.63, 3.8) is 0 Å². The molecule has 0 fully saturated rings. The molecule has 0 unspecified atom stereocenters. The maximum absolute atomic E-state index is 14.4. The smallest absolute Gasteiger partial charge is 0.365 e. The Morgan fingerprint density at radius 1 is 0.617 bits per heavy atom. The second-order valence-electron chi connectivity index (χ2n) is 13.3. The predicted molar refractivity (Wildman–Crippen MR) is 227 cm³/mol. The van der Waals surface area contributed by atoms with Crippen molar-refractivity contribution >= 4 is 46.1 Å². The SMILES string of the molecule is CC(=O)Oc1ccc(C(=O)O/N=C(\C(=O)OC(c2ccccc2)c2ccccc2)c2csc(NC(c3ccccc3)(c3ccccc3)c3ccccc3)n2)cc1OC(C)=O. The first-order chi connectivity index (χ1) is 29.2. The van der Waals surface area contributed by atoms with Gasteiger partial charge in [-0.1, -0.05) is 157 Å². The molecular formula is C48H37N3O8S. The summed E-state index contributed by atoms with van der Waals surface area (Å²) in [6.07, 6.45) is -0.862. The highest BCUT2D eigenvalue weighted by molar-refractivity contribution is 7.14. The number of rotatable bonds is 14. The number of nitrogens with one attached hydrogen (secondary N) is 1. The molecule has 0 saturated carbocycles. The second kappa shape index (κ2) is 18.7. The van der Waals surface area contributed by atoms with Crippen molar-refractivity contribution in [2.45, 2.75) is 25.5 Å². The molecule has 11 nitrogen and oxygen atoms in total. The lowest BCUT2D eigenvalue weighted by Gasteiger charge is -2.36. The molecule has 0 aliphatic heterocycles. The summed E-state index contributed by atoms with van der Waals surface area (Å²) in [5, 5.41) is 9.81. The van der Waals surface area contributed by atoms with Gasteiger partial charge in [-0.3, -0.25) is 9.59 Å². The van der Waals surface area contributed by atoms with E-state index in [0.29, 0.717) is 16.3 Å². The van der Waals surface area contributed by atoms with Crippen LogP contribution in [0, 0.1) is 0 Å². The number of thiazole rings is 1. The largest absolute Gasteiger partial charge is 0.448 e. The quantitative estimate of drug-likeness (QED) is 0.0282. The van der Waals surface area contributed by atoms with Crippen LogP contribution in [0.3, 0.4) is 0 Å². The molecule has 0 radical (unpaired) electrons. The number of ether oxygens (including phenoxy) is 3. The zero-order chi connectivity index (χ0) is 41.9. The average Bonchev–Trinajstić information content (AvgIpc) is 3.74. The Hall–Kier alpha value is -7.70. The molecular weight excluding hydrogens is 779 g/mol. The maximum atomic E-state index is 14.4. The van der Waals surface area contributed by atoms with Crippen LogP contribution in [0.4, 0.5) is 5.13 Å². The van der Waals surface area contributed by atoms with Crippen molar-refractivity contribution in [1.82, 2.24) is 4.98 Å². The summed E-state index contributed by atoms with van der Waals surface area (Å²) in [6.45, 7) is 2.34. The van der Waals surface area contributed by atoms with E-state index in [1.165, 1.54) is 30.4 Å². The molecule has 0 saturated heterocycles. The lowest BCUT2D eigenvalue weighted by Crippen LogP contribution is -2.38. The van der Waals surface area contributed by atoms with E-state index in [1.807, 2.05) is 152 Å². The van der Waals surface area contributed by atoms with E-state index in [1.54, 1.807) is 5.38 Å². The van der Waals surface area contributed by atoms with Crippen LogP contribution in [-0.2, 0) is 29.5 Å². The van der Waals surface area contributed by atoms with Gasteiger partial charge in [-0.25, -0.2) is 14.6 Å². The third-order valence-corrected chi connectivity index (χ3v) is 9.95. The zero-order valence-corrected chi connectivity index (χ0v) is 33.2. The molecule has 12 heteroatoms. The van der Waals surface area contributed by atoms with E-state index in [9.17, 15) is 19.2 Å². The minimum atomic E-state index is -1.02. The van der Waals surface area contributed by atoms with Gasteiger partial charge >= 0.3 is 23.9 Å². The predicted octanol–water partition coefficient (Wildman–Crippen LogP) is 9.29. The number of carbonyl (C=O) groups excluding carboxylic acids is 4. The van der Waals surface area contributed by atoms with Crippen molar-refractivity contribution in [2.75, 3.05) is 5.32 Å². The minimum absolute atomic E-state index is 0.0640. The number of anilines is 1. The van der Waals surface area contributed by atoms with Gasteiger partial charge in [-0.05, 0) is 46.0 Å². The van der Waals surface area contributed by atoms with Crippen LogP contribution >= 0.6 is 11.3 Å². The van der Waals surface area contributed by atoms with Crippen molar-refractivity contribution in [3.8, 4) is 11.5 Å². The number of hydrogen-bond donors (Lipinski definition) is 1. The highest BCUT2D eigenvalue weighted by atomic mass is 32.1. The standard InChI is InChI=1S/C48H37N3O8S/c1-32(52)56-41-29-28-36(30-42(41)57-33(2)53)45(54)59-51-43(46(55)58-44(34-18-8-3-9-19-34)35-20-10-4-11-21-35)40-31-60-47(49-40)50-48(37-22-12-5-13-23-37,38-24-14-6-15-25-38)39-26-16-7-17-27-39/h3-31,44H,1-2H3,(H,49,50)/b51-43-.